The van der Waals surface area contributed by atoms with Gasteiger partial charge in [-0.05, 0) is 31.5 Å². The summed E-state index contributed by atoms with van der Waals surface area (Å²) >= 11 is 0. The molecule has 2 rings (SSSR count). The average Bonchev–Trinajstić information content (AvgIpc) is 2.73. The van der Waals surface area contributed by atoms with E-state index in [0.29, 0.717) is 5.69 Å². The number of ether oxygens (including phenoxy) is 1. The highest BCUT2D eigenvalue weighted by molar-refractivity contribution is 5.60. The molecular formula is C14H16F2N4O3. The molecule has 1 aromatic carbocycles. The molecule has 0 aliphatic carbocycles. The van der Waals surface area contributed by atoms with Gasteiger partial charge in [0, 0.05) is 7.05 Å². The SMILES string of the molecule is Cc1nn(C)c(N[C@H](C)c2ccc(OC(F)F)cc2)c1[N+](=O)[O-]. The van der Waals surface area contributed by atoms with Gasteiger partial charge < -0.3 is 10.1 Å². The Morgan fingerprint density at radius 1 is 1.35 bits per heavy atom. The van der Waals surface area contributed by atoms with Crippen LogP contribution in [0.25, 0.3) is 0 Å². The first-order valence-corrected chi connectivity index (χ1v) is 6.79. The van der Waals surface area contributed by atoms with Crippen molar-refractivity contribution in [3.05, 3.63) is 45.6 Å². The van der Waals surface area contributed by atoms with Crippen molar-refractivity contribution < 1.29 is 18.4 Å². The third-order valence-corrected chi connectivity index (χ3v) is 3.33. The van der Waals surface area contributed by atoms with E-state index in [0.717, 1.165) is 5.56 Å². The van der Waals surface area contributed by atoms with Crippen LogP contribution in [-0.2, 0) is 7.05 Å². The first-order valence-electron chi connectivity index (χ1n) is 6.79. The number of anilines is 1. The molecule has 0 saturated heterocycles. The summed E-state index contributed by atoms with van der Waals surface area (Å²) in [6.45, 7) is 0.482. The van der Waals surface area contributed by atoms with Gasteiger partial charge in [0.15, 0.2) is 0 Å². The van der Waals surface area contributed by atoms with Crippen LogP contribution in [0.3, 0.4) is 0 Å². The highest BCUT2D eigenvalue weighted by Gasteiger charge is 2.25. The van der Waals surface area contributed by atoms with Gasteiger partial charge in [0.2, 0.25) is 5.82 Å². The Labute approximate surface area is 131 Å². The zero-order chi connectivity index (χ0) is 17.1. The second kappa shape index (κ2) is 6.59. The number of nitro groups is 1. The zero-order valence-electron chi connectivity index (χ0n) is 12.8. The summed E-state index contributed by atoms with van der Waals surface area (Å²) in [5.41, 5.74) is 0.990. The minimum absolute atomic E-state index is 0.0540. The molecule has 1 heterocycles. The molecule has 1 atom stereocenters. The van der Waals surface area contributed by atoms with Crippen LogP contribution in [0.2, 0.25) is 0 Å². The number of halogens is 2. The molecule has 2 aromatic rings. The first-order chi connectivity index (χ1) is 10.8. The largest absolute Gasteiger partial charge is 0.435 e. The van der Waals surface area contributed by atoms with Crippen molar-refractivity contribution in [1.29, 1.82) is 0 Å². The van der Waals surface area contributed by atoms with Crippen LogP contribution in [-0.4, -0.2) is 21.3 Å². The molecule has 9 heteroatoms. The molecule has 23 heavy (non-hydrogen) atoms. The Morgan fingerprint density at radius 3 is 2.48 bits per heavy atom. The maximum atomic E-state index is 12.1. The number of benzene rings is 1. The van der Waals surface area contributed by atoms with Crippen molar-refractivity contribution in [3.8, 4) is 5.75 Å². The zero-order valence-corrected chi connectivity index (χ0v) is 12.8. The van der Waals surface area contributed by atoms with E-state index >= 15 is 0 Å². The lowest BCUT2D eigenvalue weighted by atomic mass is 10.1. The van der Waals surface area contributed by atoms with E-state index < -0.39 is 11.5 Å². The fraction of sp³-hybridized carbons (Fsp3) is 0.357. The van der Waals surface area contributed by atoms with E-state index in [1.165, 1.54) is 16.8 Å². The summed E-state index contributed by atoms with van der Waals surface area (Å²) in [5, 5.41) is 18.2. The molecule has 124 valence electrons. The van der Waals surface area contributed by atoms with Crippen molar-refractivity contribution in [3.63, 3.8) is 0 Å². The first kappa shape index (κ1) is 16.7. The van der Waals surface area contributed by atoms with Crippen LogP contribution >= 0.6 is 0 Å². The molecule has 0 fully saturated rings. The summed E-state index contributed by atoms with van der Waals surface area (Å²) in [7, 11) is 1.61. The maximum absolute atomic E-state index is 12.1. The van der Waals surface area contributed by atoms with Crippen LogP contribution in [0.5, 0.6) is 5.75 Å². The van der Waals surface area contributed by atoms with Crippen molar-refractivity contribution >= 4 is 11.5 Å². The van der Waals surface area contributed by atoms with E-state index in [1.54, 1.807) is 33.0 Å². The number of hydrogen-bond acceptors (Lipinski definition) is 5. The van der Waals surface area contributed by atoms with Gasteiger partial charge in [-0.25, -0.2) is 4.68 Å². The number of rotatable bonds is 6. The number of hydrogen-bond donors (Lipinski definition) is 1. The smallest absolute Gasteiger partial charge is 0.387 e. The lowest BCUT2D eigenvalue weighted by Crippen LogP contribution is -2.11. The minimum atomic E-state index is -2.88. The Bertz CT molecular complexity index is 701. The average molecular weight is 326 g/mol. The van der Waals surface area contributed by atoms with Gasteiger partial charge in [-0.1, -0.05) is 12.1 Å². The van der Waals surface area contributed by atoms with Gasteiger partial charge >= 0.3 is 12.3 Å². The van der Waals surface area contributed by atoms with Crippen LogP contribution in [0.4, 0.5) is 20.3 Å². The molecule has 0 saturated carbocycles. The van der Waals surface area contributed by atoms with Gasteiger partial charge in [0.05, 0.1) is 11.0 Å². The molecule has 1 N–H and O–H groups in total. The molecule has 7 nitrogen and oxygen atoms in total. The van der Waals surface area contributed by atoms with Gasteiger partial charge in [-0.15, -0.1) is 0 Å². The Hall–Kier alpha value is -2.71. The van der Waals surface area contributed by atoms with Crippen LogP contribution in [0, 0.1) is 17.0 Å². The van der Waals surface area contributed by atoms with E-state index in [4.69, 9.17) is 0 Å². The molecule has 0 spiro atoms. The second-order valence-electron chi connectivity index (χ2n) is 4.98. The molecule has 0 aliphatic rings. The number of aromatic nitrogens is 2. The van der Waals surface area contributed by atoms with E-state index in [9.17, 15) is 18.9 Å². The summed E-state index contributed by atoms with van der Waals surface area (Å²) < 4.78 is 29.9. The quantitative estimate of drug-likeness (QED) is 0.650. The Morgan fingerprint density at radius 2 is 1.96 bits per heavy atom. The third-order valence-electron chi connectivity index (χ3n) is 3.33. The summed E-state index contributed by atoms with van der Waals surface area (Å²) in [4.78, 5) is 10.7. The van der Waals surface area contributed by atoms with Crippen LogP contribution < -0.4 is 10.1 Å². The molecule has 1 aromatic heterocycles. The Balaban J connectivity index is 2.19. The second-order valence-corrected chi connectivity index (χ2v) is 4.98. The molecule has 0 bridgehead atoms. The van der Waals surface area contributed by atoms with Gasteiger partial charge in [0.1, 0.15) is 11.4 Å². The van der Waals surface area contributed by atoms with Crippen molar-refractivity contribution in [2.75, 3.05) is 5.32 Å². The van der Waals surface area contributed by atoms with Crippen LogP contribution in [0.1, 0.15) is 24.2 Å². The highest BCUT2D eigenvalue weighted by atomic mass is 19.3. The van der Waals surface area contributed by atoms with E-state index in [2.05, 4.69) is 15.2 Å². The van der Waals surface area contributed by atoms with Crippen molar-refractivity contribution in [2.24, 2.45) is 7.05 Å². The predicted molar refractivity (Wildman–Crippen MR) is 79.7 cm³/mol. The van der Waals surface area contributed by atoms with Gasteiger partial charge in [-0.3, -0.25) is 10.1 Å². The molecule has 0 radical (unpaired) electrons. The lowest BCUT2D eigenvalue weighted by molar-refractivity contribution is -0.384. The van der Waals surface area contributed by atoms with Gasteiger partial charge in [0.25, 0.3) is 0 Å². The Kier molecular flexibility index (Phi) is 4.77. The van der Waals surface area contributed by atoms with Crippen molar-refractivity contribution in [2.45, 2.75) is 26.5 Å². The fourth-order valence-corrected chi connectivity index (χ4v) is 2.25. The summed E-state index contributed by atoms with van der Waals surface area (Å²) in [6.07, 6.45) is 0. The molecular weight excluding hydrogens is 310 g/mol. The summed E-state index contributed by atoms with van der Waals surface area (Å²) in [6, 6.07) is 5.78. The minimum Gasteiger partial charge on any atom is -0.435 e. The number of nitrogens with one attached hydrogen (secondary N) is 1. The van der Waals surface area contributed by atoms with E-state index in [-0.39, 0.29) is 23.3 Å². The topological polar surface area (TPSA) is 82.2 Å². The normalized spacial score (nSPS) is 12.3. The standard InChI is InChI=1S/C14H16F2N4O3/c1-8(10-4-6-11(7-5-10)23-14(15)16)17-13-12(20(21)22)9(2)18-19(13)3/h4-8,14,17H,1-3H3/t8-/m1/s1. The molecule has 0 unspecified atom stereocenters. The summed E-state index contributed by atoms with van der Waals surface area (Å²) in [5.74, 6) is 0.339. The number of aryl methyl sites for hydroxylation is 2. The number of nitrogens with zero attached hydrogens (tertiary/aromatic N) is 3. The van der Waals surface area contributed by atoms with Crippen LogP contribution in [0.15, 0.2) is 24.3 Å². The highest BCUT2D eigenvalue weighted by Crippen LogP contribution is 2.31. The molecule has 0 aliphatic heterocycles. The lowest BCUT2D eigenvalue weighted by Gasteiger charge is -2.15. The fourth-order valence-electron chi connectivity index (χ4n) is 2.25. The van der Waals surface area contributed by atoms with Crippen molar-refractivity contribution in [1.82, 2.24) is 9.78 Å². The molecule has 0 amide bonds. The third kappa shape index (κ3) is 3.74. The van der Waals surface area contributed by atoms with Gasteiger partial charge in [-0.2, -0.15) is 13.9 Å². The van der Waals surface area contributed by atoms with E-state index in [1.807, 2.05) is 0 Å². The maximum Gasteiger partial charge on any atom is 0.387 e. The number of alkyl halides is 2. The monoisotopic (exact) mass is 326 g/mol. The predicted octanol–water partition coefficient (Wildman–Crippen LogP) is 3.41.